The van der Waals surface area contributed by atoms with Crippen molar-refractivity contribution in [1.29, 1.82) is 0 Å². The number of methoxy groups -OCH3 is 3. The van der Waals surface area contributed by atoms with Crippen LogP contribution in [0.1, 0.15) is 0 Å². The lowest BCUT2D eigenvalue weighted by atomic mass is 10.0. The lowest BCUT2D eigenvalue weighted by Gasteiger charge is -2.15. The average Bonchev–Trinajstić information content (AvgIpc) is 3.57. The van der Waals surface area contributed by atoms with Crippen LogP contribution in [0.3, 0.4) is 0 Å². The minimum absolute atomic E-state index is 0.535. The molecule has 0 saturated heterocycles. The van der Waals surface area contributed by atoms with Crippen molar-refractivity contribution in [2.75, 3.05) is 21.3 Å². The van der Waals surface area contributed by atoms with Crippen molar-refractivity contribution in [2.45, 2.75) is 0 Å². The summed E-state index contributed by atoms with van der Waals surface area (Å²) < 4.78 is 18.9. The zero-order chi connectivity index (χ0) is 23.5. The van der Waals surface area contributed by atoms with E-state index in [-0.39, 0.29) is 0 Å². The third kappa shape index (κ3) is 3.80. The Labute approximate surface area is 202 Å². The Bertz CT molecular complexity index is 1370. The topological polar surface area (TPSA) is 58.4 Å². The van der Waals surface area contributed by atoms with Crippen LogP contribution in [0.2, 0.25) is 0 Å². The highest BCUT2D eigenvalue weighted by Gasteiger charge is 2.25. The zero-order valence-corrected chi connectivity index (χ0v) is 19.9. The summed E-state index contributed by atoms with van der Waals surface area (Å²) in [6.07, 6.45) is 1.80. The van der Waals surface area contributed by atoms with Crippen molar-refractivity contribution in [3.8, 4) is 56.3 Å². The van der Waals surface area contributed by atoms with Crippen LogP contribution >= 0.6 is 11.3 Å². The Morgan fingerprint density at radius 2 is 1.35 bits per heavy atom. The summed E-state index contributed by atoms with van der Waals surface area (Å²) in [4.78, 5) is 9.81. The van der Waals surface area contributed by atoms with Gasteiger partial charge in [-0.25, -0.2) is 9.97 Å². The molecule has 0 unspecified atom stereocenters. The molecule has 5 rings (SSSR count). The Morgan fingerprint density at radius 1 is 0.735 bits per heavy atom. The Morgan fingerprint density at radius 3 is 1.88 bits per heavy atom. The van der Waals surface area contributed by atoms with Gasteiger partial charge in [-0.15, -0.1) is 11.3 Å². The SMILES string of the molecule is COc1cc(-c2nc(-c3ccccc3)c(-c3ccccc3)n2-c2nccs2)cc(OC)c1OC. The molecule has 0 aliphatic heterocycles. The van der Waals surface area contributed by atoms with E-state index in [1.54, 1.807) is 38.9 Å². The fourth-order valence-corrected chi connectivity index (χ4v) is 4.64. The molecule has 0 fully saturated rings. The molecule has 0 saturated carbocycles. The molecule has 2 aromatic heterocycles. The van der Waals surface area contributed by atoms with E-state index in [1.165, 1.54) is 0 Å². The first-order valence-corrected chi connectivity index (χ1v) is 11.6. The standard InChI is InChI=1S/C27H23N3O3S/c1-31-21-16-20(17-22(32-2)25(21)33-3)26-29-23(18-10-6-4-7-11-18)24(19-12-8-5-9-13-19)30(26)27-28-14-15-34-27/h4-17H,1-3H3. The molecule has 5 aromatic rings. The van der Waals surface area contributed by atoms with E-state index >= 15 is 0 Å². The maximum absolute atomic E-state index is 5.62. The van der Waals surface area contributed by atoms with Crippen LogP contribution in [-0.4, -0.2) is 35.9 Å². The van der Waals surface area contributed by atoms with Crippen molar-refractivity contribution in [1.82, 2.24) is 14.5 Å². The number of hydrogen-bond acceptors (Lipinski definition) is 6. The van der Waals surface area contributed by atoms with E-state index in [2.05, 4.69) is 33.8 Å². The summed E-state index contributed by atoms with van der Waals surface area (Å²) in [7, 11) is 4.82. The van der Waals surface area contributed by atoms with E-state index in [0.717, 1.165) is 39.0 Å². The number of aromatic nitrogens is 3. The van der Waals surface area contributed by atoms with E-state index in [0.29, 0.717) is 17.2 Å². The van der Waals surface area contributed by atoms with Gasteiger partial charge in [0, 0.05) is 28.3 Å². The number of hydrogen-bond donors (Lipinski definition) is 0. The number of thiazole rings is 1. The van der Waals surface area contributed by atoms with Crippen LogP contribution in [0.4, 0.5) is 0 Å². The Hall–Kier alpha value is -4.10. The molecule has 6 nitrogen and oxygen atoms in total. The molecular formula is C27H23N3O3S. The van der Waals surface area contributed by atoms with E-state index < -0.39 is 0 Å². The lowest BCUT2D eigenvalue weighted by molar-refractivity contribution is 0.324. The van der Waals surface area contributed by atoms with Crippen LogP contribution in [0.15, 0.2) is 84.4 Å². The molecule has 0 atom stereocenters. The molecule has 0 aliphatic carbocycles. The first-order chi connectivity index (χ1) is 16.7. The number of nitrogens with zero attached hydrogens (tertiary/aromatic N) is 3. The quantitative estimate of drug-likeness (QED) is 0.278. The summed E-state index contributed by atoms with van der Waals surface area (Å²) in [5.41, 5.74) is 4.72. The minimum Gasteiger partial charge on any atom is -0.493 e. The molecule has 34 heavy (non-hydrogen) atoms. The van der Waals surface area contributed by atoms with Gasteiger partial charge >= 0.3 is 0 Å². The van der Waals surface area contributed by atoms with Gasteiger partial charge in [0.2, 0.25) is 5.75 Å². The van der Waals surface area contributed by atoms with Crippen LogP contribution in [-0.2, 0) is 0 Å². The summed E-state index contributed by atoms with van der Waals surface area (Å²) in [5.74, 6) is 2.39. The number of rotatable bonds is 7. The second-order valence-electron chi connectivity index (χ2n) is 7.43. The molecule has 0 spiro atoms. The summed E-state index contributed by atoms with van der Waals surface area (Å²) in [5, 5.41) is 2.78. The zero-order valence-electron chi connectivity index (χ0n) is 19.1. The fourth-order valence-electron chi connectivity index (χ4n) is 4.00. The first-order valence-electron chi connectivity index (χ1n) is 10.7. The van der Waals surface area contributed by atoms with Crippen LogP contribution in [0.25, 0.3) is 39.0 Å². The van der Waals surface area contributed by atoms with Gasteiger partial charge in [0.1, 0.15) is 5.82 Å². The van der Waals surface area contributed by atoms with Crippen molar-refractivity contribution in [3.05, 3.63) is 84.4 Å². The smallest absolute Gasteiger partial charge is 0.203 e. The summed E-state index contributed by atoms with van der Waals surface area (Å²) in [6, 6.07) is 24.3. The van der Waals surface area contributed by atoms with Gasteiger partial charge in [0.05, 0.1) is 32.7 Å². The van der Waals surface area contributed by atoms with Gasteiger partial charge in [-0.05, 0) is 12.1 Å². The molecule has 3 aromatic carbocycles. The van der Waals surface area contributed by atoms with Gasteiger partial charge in [0.25, 0.3) is 0 Å². The number of imidazole rings is 1. The van der Waals surface area contributed by atoms with E-state index in [1.807, 2.05) is 53.9 Å². The minimum atomic E-state index is 0.535. The van der Waals surface area contributed by atoms with Crippen LogP contribution in [0, 0.1) is 0 Å². The molecule has 0 amide bonds. The normalized spacial score (nSPS) is 10.8. The molecule has 0 N–H and O–H groups in total. The fraction of sp³-hybridized carbons (Fsp3) is 0.111. The third-order valence-corrected chi connectivity index (χ3v) is 6.26. The summed E-state index contributed by atoms with van der Waals surface area (Å²) in [6.45, 7) is 0. The molecule has 170 valence electrons. The second-order valence-corrected chi connectivity index (χ2v) is 8.30. The Kier molecular flexibility index (Phi) is 6.01. The summed E-state index contributed by atoms with van der Waals surface area (Å²) >= 11 is 1.55. The van der Waals surface area contributed by atoms with Gasteiger partial charge < -0.3 is 14.2 Å². The molecule has 2 heterocycles. The maximum atomic E-state index is 5.62. The van der Waals surface area contributed by atoms with Crippen LogP contribution < -0.4 is 14.2 Å². The number of ether oxygens (including phenoxy) is 3. The second kappa shape index (κ2) is 9.41. The van der Waals surface area contributed by atoms with Crippen LogP contribution in [0.5, 0.6) is 17.2 Å². The van der Waals surface area contributed by atoms with E-state index in [9.17, 15) is 0 Å². The first kappa shape index (κ1) is 21.7. The Balaban J connectivity index is 1.87. The monoisotopic (exact) mass is 469 g/mol. The molecule has 0 radical (unpaired) electrons. The van der Waals surface area contributed by atoms with Crippen molar-refractivity contribution >= 4 is 11.3 Å². The highest BCUT2D eigenvalue weighted by molar-refractivity contribution is 7.12. The predicted molar refractivity (Wildman–Crippen MR) is 135 cm³/mol. The van der Waals surface area contributed by atoms with Crippen molar-refractivity contribution < 1.29 is 14.2 Å². The lowest BCUT2D eigenvalue weighted by Crippen LogP contribution is -2.01. The highest BCUT2D eigenvalue weighted by Crippen LogP contribution is 2.44. The molecular weight excluding hydrogens is 446 g/mol. The van der Waals surface area contributed by atoms with Gasteiger partial charge in [-0.1, -0.05) is 60.7 Å². The van der Waals surface area contributed by atoms with Gasteiger partial charge in [0.15, 0.2) is 16.6 Å². The largest absolute Gasteiger partial charge is 0.493 e. The average molecular weight is 470 g/mol. The molecule has 0 aliphatic rings. The van der Waals surface area contributed by atoms with Crippen molar-refractivity contribution in [3.63, 3.8) is 0 Å². The predicted octanol–water partition coefficient (Wildman–Crippen LogP) is 6.36. The van der Waals surface area contributed by atoms with Gasteiger partial charge in [-0.2, -0.15) is 0 Å². The van der Waals surface area contributed by atoms with E-state index in [4.69, 9.17) is 19.2 Å². The highest BCUT2D eigenvalue weighted by atomic mass is 32.1. The number of benzene rings is 3. The maximum Gasteiger partial charge on any atom is 0.203 e. The molecule has 7 heteroatoms. The molecule has 0 bridgehead atoms. The van der Waals surface area contributed by atoms with Crippen molar-refractivity contribution in [2.24, 2.45) is 0 Å². The third-order valence-electron chi connectivity index (χ3n) is 5.51. The van der Waals surface area contributed by atoms with Gasteiger partial charge in [-0.3, -0.25) is 4.57 Å².